The number of nitrogens with one attached hydrogen (secondary N) is 2. The molecule has 0 saturated carbocycles. The highest BCUT2D eigenvalue weighted by atomic mass is 127. The summed E-state index contributed by atoms with van der Waals surface area (Å²) in [4.78, 5) is 4.60. The second-order valence-corrected chi connectivity index (χ2v) is 9.81. The highest BCUT2D eigenvalue weighted by Gasteiger charge is 2.23. The Bertz CT molecular complexity index is 929. The van der Waals surface area contributed by atoms with Gasteiger partial charge >= 0.3 is 0 Å². The average molecular weight is 550 g/mol. The number of rotatable bonds is 7. The van der Waals surface area contributed by atoms with Crippen molar-refractivity contribution in [2.24, 2.45) is 4.99 Å². The minimum Gasteiger partial charge on any atom is -0.356 e. The fourth-order valence-electron chi connectivity index (χ4n) is 2.86. The summed E-state index contributed by atoms with van der Waals surface area (Å²) in [6.45, 7) is 5.64. The second-order valence-electron chi connectivity index (χ2n) is 7.38. The third kappa shape index (κ3) is 7.79. The van der Waals surface area contributed by atoms with Crippen LogP contribution in [0.5, 0.6) is 0 Å². The van der Waals surface area contributed by atoms with Gasteiger partial charge in [-0.05, 0) is 35.7 Å². The molecule has 0 aromatic heterocycles. The third-order valence-electron chi connectivity index (χ3n) is 4.58. The largest absolute Gasteiger partial charge is 0.356 e. The zero-order chi connectivity index (χ0) is 20.8. The maximum Gasteiger partial charge on any atom is 0.191 e. The van der Waals surface area contributed by atoms with Gasteiger partial charge in [-0.15, -0.1) is 24.0 Å². The molecule has 0 saturated heterocycles. The Hall–Kier alpha value is -1.32. The topological polar surface area (TPSA) is 70.6 Å². The van der Waals surface area contributed by atoms with Gasteiger partial charge in [0.1, 0.15) is 0 Å². The average Bonchev–Trinajstić information content (AvgIpc) is 2.64. The highest BCUT2D eigenvalue weighted by molar-refractivity contribution is 14.0. The fourth-order valence-corrected chi connectivity index (χ4v) is 3.88. The predicted octanol–water partition coefficient (Wildman–Crippen LogP) is 4.05. The van der Waals surface area contributed by atoms with E-state index in [0.29, 0.717) is 23.9 Å². The summed E-state index contributed by atoms with van der Waals surface area (Å²) < 4.78 is 23.0. The molecule has 160 valence electrons. The number of benzene rings is 2. The van der Waals surface area contributed by atoms with E-state index < -0.39 is 9.84 Å². The van der Waals surface area contributed by atoms with Crippen molar-refractivity contribution < 1.29 is 8.42 Å². The first-order valence-electron chi connectivity index (χ1n) is 9.12. The molecule has 0 bridgehead atoms. The van der Waals surface area contributed by atoms with Crippen molar-refractivity contribution in [2.75, 3.05) is 26.4 Å². The molecule has 2 N–H and O–H groups in total. The number of guanidine groups is 1. The van der Waals surface area contributed by atoms with E-state index in [-0.39, 0.29) is 29.4 Å². The molecule has 0 aliphatic rings. The van der Waals surface area contributed by atoms with Crippen LogP contribution in [0.2, 0.25) is 5.02 Å². The van der Waals surface area contributed by atoms with E-state index in [1.807, 2.05) is 36.4 Å². The summed E-state index contributed by atoms with van der Waals surface area (Å²) in [5, 5.41) is 7.40. The van der Waals surface area contributed by atoms with Crippen molar-refractivity contribution in [3.63, 3.8) is 0 Å². The van der Waals surface area contributed by atoms with E-state index in [9.17, 15) is 8.42 Å². The lowest BCUT2D eigenvalue weighted by Gasteiger charge is -2.27. The van der Waals surface area contributed by atoms with Crippen molar-refractivity contribution in [1.29, 1.82) is 0 Å². The molecule has 0 aliphatic heterocycles. The fraction of sp³-hybridized carbons (Fsp3) is 0.381. The summed E-state index contributed by atoms with van der Waals surface area (Å²) in [7, 11) is -1.42. The molecule has 2 rings (SSSR count). The molecular weight excluding hydrogens is 521 g/mol. The minimum atomic E-state index is -3.16. The van der Waals surface area contributed by atoms with Crippen molar-refractivity contribution in [3.05, 3.63) is 64.7 Å². The summed E-state index contributed by atoms with van der Waals surface area (Å²) in [6, 6.07) is 14.8. The first-order valence-corrected chi connectivity index (χ1v) is 11.4. The lowest BCUT2D eigenvalue weighted by Crippen LogP contribution is -2.44. The van der Waals surface area contributed by atoms with Crippen LogP contribution in [0.1, 0.15) is 25.0 Å². The van der Waals surface area contributed by atoms with E-state index in [1.54, 1.807) is 19.2 Å². The lowest BCUT2D eigenvalue weighted by atomic mass is 9.84. The van der Waals surface area contributed by atoms with Gasteiger partial charge in [0.15, 0.2) is 15.8 Å². The van der Waals surface area contributed by atoms with E-state index >= 15 is 0 Å². The molecule has 0 atom stereocenters. The Balaban J connectivity index is 0.00000420. The zero-order valence-electron chi connectivity index (χ0n) is 17.2. The number of aliphatic imine (C=N–C) groups is 1. The van der Waals surface area contributed by atoms with Gasteiger partial charge in [0.2, 0.25) is 0 Å². The summed E-state index contributed by atoms with van der Waals surface area (Å²) >= 11 is 6.34. The molecular formula is C21H29ClIN3O2S. The van der Waals surface area contributed by atoms with Crippen LogP contribution >= 0.6 is 35.6 Å². The smallest absolute Gasteiger partial charge is 0.191 e. The molecule has 0 unspecified atom stereocenters. The van der Waals surface area contributed by atoms with Crippen molar-refractivity contribution in [3.8, 4) is 0 Å². The van der Waals surface area contributed by atoms with Crippen LogP contribution in [0.15, 0.2) is 58.4 Å². The van der Waals surface area contributed by atoms with E-state index in [4.69, 9.17) is 11.6 Å². The van der Waals surface area contributed by atoms with Gasteiger partial charge in [0.25, 0.3) is 0 Å². The molecule has 2 aromatic carbocycles. The van der Waals surface area contributed by atoms with Crippen LogP contribution < -0.4 is 10.6 Å². The van der Waals surface area contributed by atoms with Crippen LogP contribution in [0.4, 0.5) is 0 Å². The SMILES string of the molecule is CN=C(NCCc1ccc(S(C)(=O)=O)cc1)NCC(C)(C)c1ccccc1Cl.I. The van der Waals surface area contributed by atoms with Gasteiger partial charge in [-0.3, -0.25) is 4.99 Å². The number of hydrogen-bond acceptors (Lipinski definition) is 3. The number of sulfone groups is 1. The highest BCUT2D eigenvalue weighted by Crippen LogP contribution is 2.28. The number of hydrogen-bond donors (Lipinski definition) is 2. The molecule has 0 amide bonds. The molecule has 8 heteroatoms. The van der Waals surface area contributed by atoms with Crippen LogP contribution in [-0.4, -0.2) is 40.8 Å². The van der Waals surface area contributed by atoms with Gasteiger partial charge < -0.3 is 10.6 Å². The molecule has 0 spiro atoms. The number of nitrogens with zero attached hydrogens (tertiary/aromatic N) is 1. The Morgan fingerprint density at radius 2 is 1.69 bits per heavy atom. The Labute approximate surface area is 196 Å². The number of halogens is 2. The molecule has 0 aliphatic carbocycles. The molecule has 29 heavy (non-hydrogen) atoms. The van der Waals surface area contributed by atoms with E-state index in [2.05, 4.69) is 29.5 Å². The van der Waals surface area contributed by atoms with Gasteiger partial charge in [0.05, 0.1) is 4.90 Å². The Kier molecular flexibility index (Phi) is 9.91. The first-order chi connectivity index (χ1) is 13.1. The van der Waals surface area contributed by atoms with Crippen LogP contribution in [0.25, 0.3) is 0 Å². The van der Waals surface area contributed by atoms with Gasteiger partial charge in [-0.25, -0.2) is 8.42 Å². The lowest BCUT2D eigenvalue weighted by molar-refractivity contribution is 0.509. The zero-order valence-corrected chi connectivity index (χ0v) is 21.1. The Morgan fingerprint density at radius 1 is 1.07 bits per heavy atom. The summed E-state index contributed by atoms with van der Waals surface area (Å²) in [6.07, 6.45) is 1.97. The van der Waals surface area contributed by atoms with Crippen molar-refractivity contribution >= 4 is 51.4 Å². The maximum absolute atomic E-state index is 11.5. The van der Waals surface area contributed by atoms with Gasteiger partial charge in [-0.2, -0.15) is 0 Å². The maximum atomic E-state index is 11.5. The first kappa shape index (κ1) is 25.7. The van der Waals surface area contributed by atoms with Crippen molar-refractivity contribution in [1.82, 2.24) is 10.6 Å². The molecule has 2 aromatic rings. The summed E-state index contributed by atoms with van der Waals surface area (Å²) in [5.74, 6) is 0.716. The normalized spacial score (nSPS) is 12.2. The van der Waals surface area contributed by atoms with E-state index in [0.717, 1.165) is 22.6 Å². The molecule has 0 heterocycles. The van der Waals surface area contributed by atoms with Gasteiger partial charge in [-0.1, -0.05) is 55.8 Å². The van der Waals surface area contributed by atoms with Gasteiger partial charge in [0, 0.05) is 36.8 Å². The third-order valence-corrected chi connectivity index (χ3v) is 6.04. The second kappa shape index (κ2) is 11.2. The van der Waals surface area contributed by atoms with Crippen molar-refractivity contribution in [2.45, 2.75) is 30.6 Å². The monoisotopic (exact) mass is 549 g/mol. The predicted molar refractivity (Wildman–Crippen MR) is 133 cm³/mol. The van der Waals surface area contributed by atoms with Crippen LogP contribution in [0, 0.1) is 0 Å². The molecule has 5 nitrogen and oxygen atoms in total. The van der Waals surface area contributed by atoms with Crippen LogP contribution in [-0.2, 0) is 21.7 Å². The summed E-state index contributed by atoms with van der Waals surface area (Å²) in [5.41, 5.74) is 1.99. The quantitative estimate of drug-likeness (QED) is 0.311. The van der Waals surface area contributed by atoms with Crippen LogP contribution in [0.3, 0.4) is 0 Å². The Morgan fingerprint density at radius 3 is 2.24 bits per heavy atom. The standard InChI is InChI=1S/C21H28ClN3O2S.HI/c1-21(2,18-7-5-6-8-19(18)22)15-25-20(23-3)24-14-13-16-9-11-17(12-10-16)28(4,26)27;/h5-12H,13-15H2,1-4H3,(H2,23,24,25);1H. The van der Waals surface area contributed by atoms with E-state index in [1.165, 1.54) is 6.26 Å². The molecule has 0 fully saturated rings. The molecule has 0 radical (unpaired) electrons. The minimum absolute atomic E-state index is 0.